The lowest BCUT2D eigenvalue weighted by atomic mass is 9.67. The van der Waals surface area contributed by atoms with E-state index in [0.717, 1.165) is 22.3 Å². The maximum Gasteiger partial charge on any atom is 0.186 e. The summed E-state index contributed by atoms with van der Waals surface area (Å²) in [6, 6.07) is 29.5. The average Bonchev–Trinajstić information content (AvgIpc) is 3.13. The Morgan fingerprint density at radius 3 is 1.42 bits per heavy atom. The highest BCUT2D eigenvalue weighted by atomic mass is 16.6. The van der Waals surface area contributed by atoms with E-state index in [2.05, 4.69) is 72.8 Å². The van der Waals surface area contributed by atoms with Gasteiger partial charge in [0, 0.05) is 0 Å². The van der Waals surface area contributed by atoms with Crippen LogP contribution in [0.1, 0.15) is 33.4 Å². The zero-order valence-electron chi connectivity index (χ0n) is 18.7. The minimum Gasteiger partial charge on any atom is -0.467 e. The van der Waals surface area contributed by atoms with Crippen molar-refractivity contribution in [3.63, 3.8) is 0 Å². The van der Waals surface area contributed by atoms with E-state index in [0.29, 0.717) is 11.5 Å². The van der Waals surface area contributed by atoms with Crippen LogP contribution in [0.25, 0.3) is 11.1 Å². The Kier molecular flexibility index (Phi) is 5.41. The Labute approximate surface area is 193 Å². The van der Waals surface area contributed by atoms with Gasteiger partial charge in [0.15, 0.2) is 13.6 Å². The van der Waals surface area contributed by atoms with Crippen LogP contribution in [0, 0.1) is 13.8 Å². The molecule has 33 heavy (non-hydrogen) atoms. The van der Waals surface area contributed by atoms with Gasteiger partial charge in [-0.25, -0.2) is 0 Å². The van der Waals surface area contributed by atoms with Gasteiger partial charge in [-0.05, 0) is 70.5 Å². The van der Waals surface area contributed by atoms with Crippen molar-refractivity contribution in [3.05, 3.63) is 118 Å². The fourth-order valence-electron chi connectivity index (χ4n) is 5.25. The molecule has 1 aliphatic rings. The number of ether oxygens (including phenoxy) is 2. The number of aryl methyl sites for hydroxylation is 2. The molecule has 4 nitrogen and oxygen atoms in total. The number of rotatable bonds is 6. The van der Waals surface area contributed by atoms with Gasteiger partial charge in [0.1, 0.15) is 11.5 Å². The zero-order chi connectivity index (χ0) is 23.0. The minimum atomic E-state index is -0.530. The summed E-state index contributed by atoms with van der Waals surface area (Å²) in [6.07, 6.45) is 0. The summed E-state index contributed by atoms with van der Waals surface area (Å²) in [6.45, 7) is 3.28. The topological polar surface area (TPSA) is 58.9 Å². The number of hydrogen-bond donors (Lipinski definition) is 2. The van der Waals surface area contributed by atoms with Crippen molar-refractivity contribution in [2.45, 2.75) is 19.3 Å². The van der Waals surface area contributed by atoms with Crippen molar-refractivity contribution in [3.8, 4) is 22.6 Å². The second-order valence-corrected chi connectivity index (χ2v) is 8.35. The first-order valence-electron chi connectivity index (χ1n) is 11.0. The molecule has 5 rings (SSSR count). The fourth-order valence-corrected chi connectivity index (χ4v) is 5.25. The molecular weight excluding hydrogens is 412 g/mol. The molecule has 0 unspecified atom stereocenters. The predicted molar refractivity (Wildman–Crippen MR) is 129 cm³/mol. The summed E-state index contributed by atoms with van der Waals surface area (Å²) in [5.41, 5.74) is 8.51. The van der Waals surface area contributed by atoms with Gasteiger partial charge in [-0.2, -0.15) is 0 Å². The van der Waals surface area contributed by atoms with Gasteiger partial charge < -0.3 is 19.7 Å². The number of hydrogen-bond acceptors (Lipinski definition) is 4. The van der Waals surface area contributed by atoms with E-state index >= 15 is 0 Å². The fraction of sp³-hybridized carbons (Fsp3) is 0.172. The summed E-state index contributed by atoms with van der Waals surface area (Å²) in [7, 11) is 0. The first-order chi connectivity index (χ1) is 16.1. The summed E-state index contributed by atoms with van der Waals surface area (Å²) in [5, 5.41) is 18.5. The Hall–Kier alpha value is -3.60. The highest BCUT2D eigenvalue weighted by molar-refractivity contribution is 5.86. The molecule has 0 aromatic heterocycles. The van der Waals surface area contributed by atoms with Crippen molar-refractivity contribution in [1.82, 2.24) is 0 Å². The van der Waals surface area contributed by atoms with Crippen molar-refractivity contribution in [2.24, 2.45) is 0 Å². The molecule has 0 radical (unpaired) electrons. The van der Waals surface area contributed by atoms with Gasteiger partial charge in [0.25, 0.3) is 0 Å². The molecule has 0 heterocycles. The number of benzene rings is 4. The average molecular weight is 439 g/mol. The second-order valence-electron chi connectivity index (χ2n) is 8.35. The van der Waals surface area contributed by atoms with Gasteiger partial charge in [-0.15, -0.1) is 0 Å². The molecule has 4 heteroatoms. The van der Waals surface area contributed by atoms with Gasteiger partial charge in [0.05, 0.1) is 5.41 Å². The molecule has 1 aliphatic carbocycles. The molecule has 0 atom stereocenters. The lowest BCUT2D eigenvalue weighted by molar-refractivity contribution is 0.0974. The summed E-state index contributed by atoms with van der Waals surface area (Å²) in [4.78, 5) is 0. The molecule has 4 aromatic carbocycles. The van der Waals surface area contributed by atoms with Crippen LogP contribution in [0.2, 0.25) is 0 Å². The van der Waals surface area contributed by atoms with Crippen molar-refractivity contribution in [2.75, 3.05) is 13.6 Å². The molecule has 166 valence electrons. The van der Waals surface area contributed by atoms with E-state index in [-0.39, 0.29) is 13.6 Å². The maximum absolute atomic E-state index is 9.26. The molecule has 0 fully saturated rings. The molecule has 0 amide bonds. The van der Waals surface area contributed by atoms with Crippen LogP contribution in [0.3, 0.4) is 0 Å². The Balaban J connectivity index is 1.85. The first-order valence-corrected chi connectivity index (χ1v) is 11.0. The SMILES string of the molecule is Cc1cc(C2(c3ccc(OCO)c(C)c3)c3ccccc3-c3ccccc32)ccc1OCO. The van der Waals surface area contributed by atoms with Crippen LogP contribution in [-0.2, 0) is 5.41 Å². The molecule has 2 N–H and O–H groups in total. The van der Waals surface area contributed by atoms with E-state index in [4.69, 9.17) is 9.47 Å². The lowest BCUT2D eigenvalue weighted by Crippen LogP contribution is -2.29. The minimum absolute atomic E-state index is 0.359. The van der Waals surface area contributed by atoms with Crippen molar-refractivity contribution < 1.29 is 19.7 Å². The van der Waals surface area contributed by atoms with Gasteiger partial charge in [-0.1, -0.05) is 72.8 Å². The second kappa shape index (κ2) is 8.39. The van der Waals surface area contributed by atoms with Crippen LogP contribution in [0.4, 0.5) is 0 Å². The molecule has 0 saturated carbocycles. The van der Waals surface area contributed by atoms with E-state index in [9.17, 15) is 10.2 Å². The van der Waals surface area contributed by atoms with Crippen LogP contribution >= 0.6 is 0 Å². The van der Waals surface area contributed by atoms with Gasteiger partial charge >= 0.3 is 0 Å². The third-order valence-electron chi connectivity index (χ3n) is 6.61. The normalized spacial score (nSPS) is 13.3. The molecule has 0 bridgehead atoms. The smallest absolute Gasteiger partial charge is 0.186 e. The van der Waals surface area contributed by atoms with Crippen LogP contribution < -0.4 is 9.47 Å². The zero-order valence-corrected chi connectivity index (χ0v) is 18.7. The predicted octanol–water partition coefficient (Wildman–Crippen LogP) is 5.32. The summed E-state index contributed by atoms with van der Waals surface area (Å²) >= 11 is 0. The lowest BCUT2D eigenvalue weighted by Gasteiger charge is -2.34. The molecule has 4 aromatic rings. The highest BCUT2D eigenvalue weighted by Crippen LogP contribution is 2.56. The van der Waals surface area contributed by atoms with Crippen molar-refractivity contribution >= 4 is 0 Å². The standard InChI is InChI=1S/C29H26O4/c1-19-15-21(11-13-27(19)32-17-30)29(22-12-14-28(33-18-31)20(2)16-22)25-9-5-3-7-23(25)24-8-4-6-10-26(24)29/h3-16,30-31H,17-18H2,1-2H3. The van der Waals surface area contributed by atoms with E-state index in [1.807, 2.05) is 26.0 Å². The summed E-state index contributed by atoms with van der Waals surface area (Å²) in [5.74, 6) is 1.33. The Morgan fingerprint density at radius 2 is 1.03 bits per heavy atom. The third kappa shape index (κ3) is 3.22. The van der Waals surface area contributed by atoms with E-state index in [1.165, 1.54) is 22.3 Å². The monoisotopic (exact) mass is 438 g/mol. The third-order valence-corrected chi connectivity index (χ3v) is 6.61. The van der Waals surface area contributed by atoms with Crippen LogP contribution in [0.5, 0.6) is 11.5 Å². The van der Waals surface area contributed by atoms with Crippen LogP contribution in [0.15, 0.2) is 84.9 Å². The Morgan fingerprint density at radius 1 is 0.606 bits per heavy atom. The Bertz CT molecular complexity index is 1220. The molecule has 0 spiro atoms. The maximum atomic E-state index is 9.26. The number of aliphatic hydroxyl groups excluding tert-OH is 2. The molecule has 0 aliphatic heterocycles. The van der Waals surface area contributed by atoms with Crippen LogP contribution in [-0.4, -0.2) is 23.8 Å². The number of aliphatic hydroxyl groups is 2. The molecule has 0 saturated heterocycles. The van der Waals surface area contributed by atoms with Gasteiger partial charge in [0.2, 0.25) is 0 Å². The van der Waals surface area contributed by atoms with E-state index < -0.39 is 5.41 Å². The first kappa shape index (κ1) is 21.3. The quantitative estimate of drug-likeness (QED) is 0.352. The van der Waals surface area contributed by atoms with E-state index in [1.54, 1.807) is 0 Å². The number of fused-ring (bicyclic) bond motifs is 3. The van der Waals surface area contributed by atoms with Gasteiger partial charge in [-0.3, -0.25) is 0 Å². The summed E-state index contributed by atoms with van der Waals surface area (Å²) < 4.78 is 10.8. The van der Waals surface area contributed by atoms with Crippen molar-refractivity contribution in [1.29, 1.82) is 0 Å². The highest BCUT2D eigenvalue weighted by Gasteiger charge is 2.46. The molecular formula is C29H26O4. The largest absolute Gasteiger partial charge is 0.467 e.